The minimum atomic E-state index is -1.10. The van der Waals surface area contributed by atoms with Crippen molar-refractivity contribution in [3.8, 4) is 11.1 Å². The lowest BCUT2D eigenvalue weighted by Crippen LogP contribution is -2.49. The van der Waals surface area contributed by atoms with Gasteiger partial charge >= 0.3 is 0 Å². The molecule has 1 aromatic heterocycles. The zero-order valence-corrected chi connectivity index (χ0v) is 24.0. The van der Waals surface area contributed by atoms with Crippen molar-refractivity contribution in [2.24, 2.45) is 5.73 Å². The molecule has 1 unspecified atom stereocenters. The molecule has 13 heteroatoms. The maximum absolute atomic E-state index is 14.4. The van der Waals surface area contributed by atoms with E-state index in [1.165, 1.54) is 27.2 Å². The smallest absolute Gasteiger partial charge is 0.254 e. The largest absolute Gasteiger partial charge is 0.384 e. The molecule has 3 aliphatic heterocycles. The molecule has 2 aromatic carbocycles. The summed E-state index contributed by atoms with van der Waals surface area (Å²) in [6.07, 6.45) is 0.140. The van der Waals surface area contributed by atoms with Crippen molar-refractivity contribution >= 4 is 34.9 Å². The second-order valence-electron chi connectivity index (χ2n) is 10.9. The lowest BCUT2D eigenvalue weighted by Gasteiger charge is -2.27. The number of thiophene rings is 1. The molecule has 6 rings (SSSR count). The highest BCUT2D eigenvalue weighted by Crippen LogP contribution is 2.36. The lowest BCUT2D eigenvalue weighted by atomic mass is 10.00. The van der Waals surface area contributed by atoms with Crippen molar-refractivity contribution in [1.29, 1.82) is 5.41 Å². The first-order valence-electron chi connectivity index (χ1n) is 13.7. The highest BCUT2D eigenvalue weighted by molar-refractivity contribution is 7.10. The van der Waals surface area contributed by atoms with E-state index in [4.69, 9.17) is 20.6 Å². The van der Waals surface area contributed by atoms with E-state index in [9.17, 15) is 23.2 Å². The van der Waals surface area contributed by atoms with Gasteiger partial charge in [-0.3, -0.25) is 19.8 Å². The highest BCUT2D eigenvalue weighted by atomic mass is 32.1. The number of nitrogens with one attached hydrogen (secondary N) is 2. The number of carbonyl (C=O) groups is 3. The van der Waals surface area contributed by atoms with Crippen molar-refractivity contribution in [2.45, 2.75) is 37.8 Å². The van der Waals surface area contributed by atoms with Crippen LogP contribution in [-0.2, 0) is 25.6 Å². The Kier molecular flexibility index (Phi) is 7.48. The summed E-state index contributed by atoms with van der Waals surface area (Å²) in [5, 5.41) is 12.3. The maximum atomic E-state index is 14.4. The van der Waals surface area contributed by atoms with E-state index in [0.29, 0.717) is 35.5 Å². The zero-order valence-electron chi connectivity index (χ0n) is 23.2. The molecular weight excluding hydrogens is 580 g/mol. The first-order valence-corrected chi connectivity index (χ1v) is 14.6. The van der Waals surface area contributed by atoms with Crippen molar-refractivity contribution in [1.82, 2.24) is 15.1 Å². The number of fused-ring (bicyclic) bond motifs is 1. The second kappa shape index (κ2) is 11.1. The molecule has 0 saturated carbocycles. The first kappa shape index (κ1) is 28.9. The molecule has 3 amide bonds. The standard InChI is InChI=1S/C30H29F2N5O5S/c1-16(25-9-19(14-43-25)27(33)34)35-28(39)24-11-30(41-6-7-42-30)15-37(24)26(38)13-36-12-18-3-2-17(8-22(18)29(36)40)21-5-4-20(31)10-23(21)32/h2-5,8-10,14,16,24H,6-7,11-13,15H2,1H3,(H3,33,34)(H,35,39)/t16?,24-/m0/s1. The highest BCUT2D eigenvalue weighted by Gasteiger charge is 2.53. The number of halogens is 2. The van der Waals surface area contributed by atoms with Crippen molar-refractivity contribution in [3.63, 3.8) is 0 Å². The minimum absolute atomic E-state index is 0.0365. The third kappa shape index (κ3) is 5.51. The predicted molar refractivity (Wildman–Crippen MR) is 153 cm³/mol. The van der Waals surface area contributed by atoms with E-state index in [-0.39, 0.29) is 37.5 Å². The van der Waals surface area contributed by atoms with Crippen LogP contribution < -0.4 is 11.1 Å². The number of carbonyl (C=O) groups excluding carboxylic acids is 3. The molecule has 2 fully saturated rings. The van der Waals surface area contributed by atoms with Gasteiger partial charge in [0, 0.05) is 46.0 Å². The van der Waals surface area contributed by atoms with E-state index in [1.54, 1.807) is 36.6 Å². The minimum Gasteiger partial charge on any atom is -0.384 e. The lowest BCUT2D eigenvalue weighted by molar-refractivity contribution is -0.152. The molecule has 4 heterocycles. The van der Waals surface area contributed by atoms with Crippen LogP contribution >= 0.6 is 11.3 Å². The van der Waals surface area contributed by atoms with Crippen LogP contribution in [-0.4, -0.2) is 71.5 Å². The Morgan fingerprint density at radius 3 is 2.63 bits per heavy atom. The van der Waals surface area contributed by atoms with Gasteiger partial charge in [0.25, 0.3) is 5.91 Å². The number of nitrogen functional groups attached to an aromatic ring is 1. The fraction of sp³-hybridized carbons (Fsp3) is 0.333. The molecule has 0 bridgehead atoms. The number of hydrogen-bond acceptors (Lipinski definition) is 7. The Balaban J connectivity index is 1.17. The molecule has 3 aromatic rings. The van der Waals surface area contributed by atoms with Crippen LogP contribution in [0.15, 0.2) is 47.8 Å². The van der Waals surface area contributed by atoms with Gasteiger partial charge < -0.3 is 30.3 Å². The maximum Gasteiger partial charge on any atom is 0.254 e. The Morgan fingerprint density at radius 1 is 1.16 bits per heavy atom. The fourth-order valence-electron chi connectivity index (χ4n) is 5.78. The van der Waals surface area contributed by atoms with Gasteiger partial charge in [-0.15, -0.1) is 11.3 Å². The average molecular weight is 610 g/mol. The summed E-state index contributed by atoms with van der Waals surface area (Å²) in [5.41, 5.74) is 7.72. The first-order chi connectivity index (χ1) is 20.5. The van der Waals surface area contributed by atoms with E-state index in [1.807, 2.05) is 0 Å². The Hall–Kier alpha value is -4.20. The van der Waals surface area contributed by atoms with E-state index < -0.39 is 47.2 Å². The molecule has 0 radical (unpaired) electrons. The van der Waals surface area contributed by atoms with Gasteiger partial charge in [0.1, 0.15) is 30.1 Å². The van der Waals surface area contributed by atoms with Gasteiger partial charge in [0.05, 0.1) is 25.8 Å². The third-order valence-electron chi connectivity index (χ3n) is 8.00. The molecular formula is C30H29F2N5O5S. The number of nitrogens with zero attached hydrogens (tertiary/aromatic N) is 2. The summed E-state index contributed by atoms with van der Waals surface area (Å²) < 4.78 is 39.4. The van der Waals surface area contributed by atoms with Gasteiger partial charge in [0.15, 0.2) is 5.79 Å². The number of amidine groups is 1. The SMILES string of the molecule is CC(NC(=O)[C@@H]1CC2(CN1C(=O)CN1Cc3ccc(-c4ccc(F)cc4F)cc3C1=O)OCCO2)c1cc(C(=N)N)cs1. The third-order valence-corrected chi connectivity index (χ3v) is 9.12. The monoisotopic (exact) mass is 609 g/mol. The van der Waals surface area contributed by atoms with Crippen LogP contribution in [0.4, 0.5) is 8.78 Å². The summed E-state index contributed by atoms with van der Waals surface area (Å²) in [6.45, 7) is 2.41. The molecule has 0 aliphatic carbocycles. The quantitative estimate of drug-likeness (QED) is 0.278. The Morgan fingerprint density at radius 2 is 1.93 bits per heavy atom. The van der Waals surface area contributed by atoms with E-state index in [0.717, 1.165) is 17.0 Å². The van der Waals surface area contributed by atoms with Gasteiger partial charge in [-0.05, 0) is 42.3 Å². The number of amides is 3. The summed E-state index contributed by atoms with van der Waals surface area (Å²) in [4.78, 5) is 44.1. The molecule has 1 spiro atoms. The zero-order chi connectivity index (χ0) is 30.5. The number of rotatable bonds is 7. The second-order valence-corrected chi connectivity index (χ2v) is 11.8. The van der Waals surface area contributed by atoms with Gasteiger partial charge in [0.2, 0.25) is 11.8 Å². The molecule has 4 N–H and O–H groups in total. The molecule has 224 valence electrons. The van der Waals surface area contributed by atoms with Crippen LogP contribution in [0.3, 0.4) is 0 Å². The number of hydrogen-bond donors (Lipinski definition) is 3. The average Bonchev–Trinajstić information content (AvgIpc) is 3.77. The van der Waals surface area contributed by atoms with E-state index >= 15 is 0 Å². The van der Waals surface area contributed by atoms with Crippen molar-refractivity contribution in [2.75, 3.05) is 26.3 Å². The number of benzene rings is 2. The molecule has 3 aliphatic rings. The number of ether oxygens (including phenoxy) is 2. The topological polar surface area (TPSA) is 138 Å². The summed E-state index contributed by atoms with van der Waals surface area (Å²) in [7, 11) is 0. The molecule has 2 atom stereocenters. The molecule has 2 saturated heterocycles. The predicted octanol–water partition coefficient (Wildman–Crippen LogP) is 3.15. The summed E-state index contributed by atoms with van der Waals surface area (Å²) >= 11 is 1.37. The van der Waals surface area contributed by atoms with Crippen LogP contribution in [0.1, 0.15) is 45.7 Å². The fourth-order valence-corrected chi connectivity index (χ4v) is 6.69. The number of nitrogens with two attached hydrogens (primary N) is 1. The molecule has 10 nitrogen and oxygen atoms in total. The van der Waals surface area contributed by atoms with Crippen LogP contribution in [0, 0.1) is 17.0 Å². The van der Waals surface area contributed by atoms with Crippen LogP contribution in [0.25, 0.3) is 11.1 Å². The van der Waals surface area contributed by atoms with Gasteiger partial charge in [-0.25, -0.2) is 8.78 Å². The number of likely N-dealkylation sites (tertiary alicyclic amines) is 1. The van der Waals surface area contributed by atoms with Crippen LogP contribution in [0.2, 0.25) is 0 Å². The van der Waals surface area contributed by atoms with E-state index in [2.05, 4.69) is 5.32 Å². The van der Waals surface area contributed by atoms with Crippen molar-refractivity contribution < 1.29 is 32.6 Å². The molecule has 43 heavy (non-hydrogen) atoms. The Bertz CT molecular complexity index is 1640. The Labute approximate surface area is 249 Å². The van der Waals surface area contributed by atoms with Crippen LogP contribution in [0.5, 0.6) is 0 Å². The summed E-state index contributed by atoms with van der Waals surface area (Å²) in [6, 6.07) is 8.59. The normalized spacial score (nSPS) is 19.6. The van der Waals surface area contributed by atoms with Gasteiger partial charge in [-0.1, -0.05) is 12.1 Å². The van der Waals surface area contributed by atoms with Crippen molar-refractivity contribution in [3.05, 3.63) is 81.0 Å². The summed E-state index contributed by atoms with van der Waals surface area (Å²) in [5.74, 6) is -3.84. The van der Waals surface area contributed by atoms with Gasteiger partial charge in [-0.2, -0.15) is 0 Å².